The lowest BCUT2D eigenvalue weighted by atomic mass is 9.94. The predicted octanol–water partition coefficient (Wildman–Crippen LogP) is 2.23. The normalized spacial score (nSPS) is 15.0. The molecule has 1 aromatic carbocycles. The van der Waals surface area contributed by atoms with E-state index < -0.39 is 0 Å². The molecule has 1 aliphatic heterocycles. The molecular formula is C19H19N5O3. The van der Waals surface area contributed by atoms with Gasteiger partial charge in [-0.25, -0.2) is 19.7 Å². The SMILES string of the molecule is O=C(OCc1ccccc1)N1CCC(c2nc3nccnc3[nH]c2=O)CC1. The van der Waals surface area contributed by atoms with E-state index in [9.17, 15) is 9.59 Å². The van der Waals surface area contributed by atoms with Crippen LogP contribution in [0.4, 0.5) is 4.79 Å². The number of piperidine rings is 1. The molecule has 1 fully saturated rings. The highest BCUT2D eigenvalue weighted by molar-refractivity contribution is 5.68. The second-order valence-corrected chi connectivity index (χ2v) is 6.48. The fourth-order valence-corrected chi connectivity index (χ4v) is 3.26. The first-order valence-electron chi connectivity index (χ1n) is 8.87. The van der Waals surface area contributed by atoms with Crippen LogP contribution in [0.15, 0.2) is 47.5 Å². The van der Waals surface area contributed by atoms with Gasteiger partial charge in [0.2, 0.25) is 0 Å². The van der Waals surface area contributed by atoms with E-state index in [1.807, 2.05) is 30.3 Å². The van der Waals surface area contributed by atoms with Crippen LogP contribution in [0.1, 0.15) is 30.0 Å². The number of amides is 1. The number of aromatic amines is 1. The molecule has 1 aliphatic rings. The molecule has 0 bridgehead atoms. The summed E-state index contributed by atoms with van der Waals surface area (Å²) in [5.41, 5.74) is 1.98. The van der Waals surface area contributed by atoms with E-state index >= 15 is 0 Å². The third-order valence-corrected chi connectivity index (χ3v) is 4.71. The molecule has 0 saturated carbocycles. The van der Waals surface area contributed by atoms with Gasteiger partial charge in [0, 0.05) is 31.4 Å². The number of aromatic nitrogens is 4. The maximum Gasteiger partial charge on any atom is 0.410 e. The van der Waals surface area contributed by atoms with Gasteiger partial charge in [0.1, 0.15) is 12.3 Å². The van der Waals surface area contributed by atoms with Gasteiger partial charge in [-0.3, -0.25) is 4.79 Å². The molecule has 0 unspecified atom stereocenters. The predicted molar refractivity (Wildman–Crippen MR) is 98.1 cm³/mol. The second-order valence-electron chi connectivity index (χ2n) is 6.48. The Morgan fingerprint density at radius 2 is 1.89 bits per heavy atom. The minimum absolute atomic E-state index is 0.0154. The van der Waals surface area contributed by atoms with Gasteiger partial charge >= 0.3 is 6.09 Å². The van der Waals surface area contributed by atoms with E-state index in [0.717, 1.165) is 5.56 Å². The number of hydrogen-bond acceptors (Lipinski definition) is 6. The standard InChI is InChI=1S/C19H19N5O3/c25-18-15(22-16-17(23-18)21-9-8-20-16)14-6-10-24(11-7-14)19(26)27-12-13-4-2-1-3-5-13/h1-5,8-9,14H,6-7,10-12H2,(H,21,23,25). The van der Waals surface area contributed by atoms with Crippen molar-refractivity contribution >= 4 is 17.4 Å². The van der Waals surface area contributed by atoms with Crippen molar-refractivity contribution < 1.29 is 9.53 Å². The molecular weight excluding hydrogens is 346 g/mol. The summed E-state index contributed by atoms with van der Waals surface area (Å²) >= 11 is 0. The molecule has 0 atom stereocenters. The zero-order valence-electron chi connectivity index (χ0n) is 14.7. The lowest BCUT2D eigenvalue weighted by Gasteiger charge is -2.30. The average molecular weight is 365 g/mol. The first-order chi connectivity index (χ1) is 13.2. The first kappa shape index (κ1) is 17.1. The van der Waals surface area contributed by atoms with Crippen LogP contribution in [-0.4, -0.2) is 44.0 Å². The smallest absolute Gasteiger partial charge is 0.410 e. The average Bonchev–Trinajstić information content (AvgIpc) is 2.72. The van der Waals surface area contributed by atoms with Crippen LogP contribution in [0.25, 0.3) is 11.3 Å². The first-order valence-corrected chi connectivity index (χ1v) is 8.87. The third-order valence-electron chi connectivity index (χ3n) is 4.71. The Balaban J connectivity index is 1.38. The topological polar surface area (TPSA) is 101 Å². The molecule has 3 aromatic rings. The molecule has 0 spiro atoms. The minimum Gasteiger partial charge on any atom is -0.445 e. The number of carbonyl (C=O) groups excluding carboxylic acids is 1. The maximum absolute atomic E-state index is 12.3. The van der Waals surface area contributed by atoms with Crippen LogP contribution in [-0.2, 0) is 11.3 Å². The van der Waals surface area contributed by atoms with E-state index in [1.54, 1.807) is 11.1 Å². The molecule has 8 heteroatoms. The van der Waals surface area contributed by atoms with E-state index in [0.29, 0.717) is 42.9 Å². The summed E-state index contributed by atoms with van der Waals surface area (Å²) < 4.78 is 5.38. The molecule has 138 valence electrons. The fraction of sp³-hybridized carbons (Fsp3) is 0.316. The zero-order valence-corrected chi connectivity index (χ0v) is 14.7. The summed E-state index contributed by atoms with van der Waals surface area (Å²) in [6.45, 7) is 1.31. The molecule has 3 heterocycles. The van der Waals surface area contributed by atoms with Crippen LogP contribution in [0.2, 0.25) is 0 Å². The number of rotatable bonds is 3. The summed E-state index contributed by atoms with van der Waals surface area (Å²) in [5.74, 6) is -0.0154. The Labute approximate surface area is 155 Å². The van der Waals surface area contributed by atoms with Crippen LogP contribution >= 0.6 is 0 Å². The van der Waals surface area contributed by atoms with Crippen molar-refractivity contribution in [3.63, 3.8) is 0 Å². The van der Waals surface area contributed by atoms with Crippen molar-refractivity contribution in [1.29, 1.82) is 0 Å². The van der Waals surface area contributed by atoms with Gasteiger partial charge in [0.15, 0.2) is 11.3 Å². The Kier molecular flexibility index (Phi) is 4.78. The number of ether oxygens (including phenoxy) is 1. The molecule has 2 aromatic heterocycles. The van der Waals surface area contributed by atoms with Gasteiger partial charge in [-0.15, -0.1) is 0 Å². The van der Waals surface area contributed by atoms with E-state index in [4.69, 9.17) is 4.74 Å². The minimum atomic E-state index is -0.330. The molecule has 0 aliphatic carbocycles. The number of benzene rings is 1. The van der Waals surface area contributed by atoms with Crippen molar-refractivity contribution in [2.45, 2.75) is 25.4 Å². The molecule has 1 saturated heterocycles. The summed E-state index contributed by atoms with van der Waals surface area (Å²) in [7, 11) is 0. The quantitative estimate of drug-likeness (QED) is 0.764. The van der Waals surface area contributed by atoms with Gasteiger partial charge < -0.3 is 14.6 Å². The largest absolute Gasteiger partial charge is 0.445 e. The maximum atomic E-state index is 12.3. The summed E-state index contributed by atoms with van der Waals surface area (Å²) in [4.78, 5) is 41.6. The van der Waals surface area contributed by atoms with Crippen molar-refractivity contribution in [1.82, 2.24) is 24.8 Å². The summed E-state index contributed by atoms with van der Waals surface area (Å²) in [6.07, 6.45) is 4.04. The number of nitrogens with zero attached hydrogens (tertiary/aromatic N) is 4. The number of hydrogen-bond donors (Lipinski definition) is 1. The van der Waals surface area contributed by atoms with E-state index in [1.165, 1.54) is 6.20 Å². The van der Waals surface area contributed by atoms with Gasteiger partial charge in [0.25, 0.3) is 5.56 Å². The highest BCUT2D eigenvalue weighted by atomic mass is 16.6. The van der Waals surface area contributed by atoms with Crippen molar-refractivity contribution in [3.05, 3.63) is 64.3 Å². The number of fused-ring (bicyclic) bond motifs is 1. The Hall–Kier alpha value is -3.29. The number of nitrogens with one attached hydrogen (secondary N) is 1. The summed E-state index contributed by atoms with van der Waals surface area (Å²) in [5, 5.41) is 0. The third kappa shape index (κ3) is 3.79. The van der Waals surface area contributed by atoms with Crippen LogP contribution in [0.5, 0.6) is 0 Å². The number of H-pyrrole nitrogens is 1. The van der Waals surface area contributed by atoms with Crippen LogP contribution < -0.4 is 5.56 Å². The number of carbonyl (C=O) groups is 1. The van der Waals surface area contributed by atoms with Crippen LogP contribution in [0, 0.1) is 0 Å². The van der Waals surface area contributed by atoms with Gasteiger partial charge in [0.05, 0.1) is 0 Å². The van der Waals surface area contributed by atoms with Crippen molar-refractivity contribution in [2.24, 2.45) is 0 Å². The Bertz CT molecular complexity index is 997. The molecule has 27 heavy (non-hydrogen) atoms. The lowest BCUT2D eigenvalue weighted by molar-refractivity contribution is 0.0868. The van der Waals surface area contributed by atoms with Crippen molar-refractivity contribution in [2.75, 3.05) is 13.1 Å². The Morgan fingerprint density at radius 1 is 1.15 bits per heavy atom. The molecule has 4 rings (SSSR count). The van der Waals surface area contributed by atoms with Gasteiger partial charge in [-0.05, 0) is 18.4 Å². The van der Waals surface area contributed by atoms with Crippen molar-refractivity contribution in [3.8, 4) is 0 Å². The molecule has 1 N–H and O–H groups in total. The van der Waals surface area contributed by atoms with E-state index in [-0.39, 0.29) is 24.2 Å². The lowest BCUT2D eigenvalue weighted by Crippen LogP contribution is -2.39. The molecule has 1 amide bonds. The van der Waals surface area contributed by atoms with Gasteiger partial charge in [-0.2, -0.15) is 0 Å². The highest BCUT2D eigenvalue weighted by Crippen LogP contribution is 2.25. The molecule has 0 radical (unpaired) electrons. The van der Waals surface area contributed by atoms with Gasteiger partial charge in [-0.1, -0.05) is 30.3 Å². The highest BCUT2D eigenvalue weighted by Gasteiger charge is 2.27. The summed E-state index contributed by atoms with van der Waals surface area (Å²) in [6, 6.07) is 9.57. The zero-order chi connectivity index (χ0) is 18.6. The Morgan fingerprint density at radius 3 is 2.67 bits per heavy atom. The molecule has 8 nitrogen and oxygen atoms in total. The monoisotopic (exact) mass is 365 g/mol. The fourth-order valence-electron chi connectivity index (χ4n) is 3.26. The number of likely N-dealkylation sites (tertiary alicyclic amines) is 1. The van der Waals surface area contributed by atoms with Crippen LogP contribution in [0.3, 0.4) is 0 Å². The second kappa shape index (κ2) is 7.53. The van der Waals surface area contributed by atoms with E-state index in [2.05, 4.69) is 19.9 Å².